The van der Waals surface area contributed by atoms with Crippen molar-refractivity contribution < 1.29 is 10.2 Å². The zero-order valence-corrected chi connectivity index (χ0v) is 7.55. The first-order valence-electron chi connectivity index (χ1n) is 4.30. The summed E-state index contributed by atoms with van der Waals surface area (Å²) in [4.78, 5) is 0. The van der Waals surface area contributed by atoms with Crippen LogP contribution in [0.4, 0.5) is 0 Å². The summed E-state index contributed by atoms with van der Waals surface area (Å²) in [6, 6.07) is 0. The third-order valence-electron chi connectivity index (χ3n) is 1.77. The molecule has 0 bridgehead atoms. The summed E-state index contributed by atoms with van der Waals surface area (Å²) in [6.07, 6.45) is 3.11. The van der Waals surface area contributed by atoms with Crippen LogP contribution in [0.15, 0.2) is 24.3 Å². The van der Waals surface area contributed by atoms with Gasteiger partial charge in [0, 0.05) is 13.2 Å². The summed E-state index contributed by atoms with van der Waals surface area (Å²) >= 11 is 0. The molecule has 0 unspecified atom stereocenters. The van der Waals surface area contributed by atoms with Crippen LogP contribution >= 0.6 is 0 Å². The van der Waals surface area contributed by atoms with E-state index in [1.807, 2.05) is 0 Å². The number of hydrogen-bond donors (Lipinski definition) is 2. The van der Waals surface area contributed by atoms with E-state index >= 15 is 0 Å². The number of allylic oxidation sites excluding steroid dienone is 2. The normalized spacial score (nSPS) is 9.83. The molecule has 12 heavy (non-hydrogen) atoms. The molecule has 0 aromatic carbocycles. The van der Waals surface area contributed by atoms with Crippen LogP contribution in [0, 0.1) is 0 Å². The molecule has 0 aliphatic carbocycles. The zero-order valence-electron chi connectivity index (χ0n) is 7.55. The minimum absolute atomic E-state index is 0.201. The summed E-state index contributed by atoms with van der Waals surface area (Å²) < 4.78 is 0. The lowest BCUT2D eigenvalue weighted by Gasteiger charge is -2.07. The number of hydrogen-bond acceptors (Lipinski definition) is 2. The number of rotatable bonds is 7. The van der Waals surface area contributed by atoms with Gasteiger partial charge in [-0.3, -0.25) is 0 Å². The van der Waals surface area contributed by atoms with E-state index in [0.29, 0.717) is 0 Å². The Morgan fingerprint density at radius 3 is 1.42 bits per heavy atom. The van der Waals surface area contributed by atoms with E-state index in [4.69, 9.17) is 10.2 Å². The fraction of sp³-hybridized carbons (Fsp3) is 0.600. The van der Waals surface area contributed by atoms with Crippen molar-refractivity contribution in [3.8, 4) is 0 Å². The Hall–Kier alpha value is -0.600. The van der Waals surface area contributed by atoms with E-state index in [1.54, 1.807) is 0 Å². The molecule has 2 heteroatoms. The van der Waals surface area contributed by atoms with Crippen molar-refractivity contribution >= 4 is 0 Å². The Labute approximate surface area is 74.2 Å². The van der Waals surface area contributed by atoms with E-state index in [-0.39, 0.29) is 13.2 Å². The minimum Gasteiger partial charge on any atom is -0.396 e. The molecule has 0 heterocycles. The van der Waals surface area contributed by atoms with Crippen LogP contribution in [-0.4, -0.2) is 23.4 Å². The molecule has 0 fully saturated rings. The van der Waals surface area contributed by atoms with Gasteiger partial charge in [-0.15, -0.1) is 0 Å². The SMILES string of the molecule is C=C(CCCO)C(=C)CCCO. The highest BCUT2D eigenvalue weighted by molar-refractivity contribution is 5.24. The fourth-order valence-electron chi connectivity index (χ4n) is 0.938. The van der Waals surface area contributed by atoms with Crippen LogP contribution in [-0.2, 0) is 0 Å². The largest absolute Gasteiger partial charge is 0.396 e. The van der Waals surface area contributed by atoms with Crippen molar-refractivity contribution in [3.63, 3.8) is 0 Å². The molecule has 70 valence electrons. The molecule has 0 aromatic rings. The van der Waals surface area contributed by atoms with E-state index in [1.165, 1.54) is 0 Å². The van der Waals surface area contributed by atoms with Gasteiger partial charge in [0.1, 0.15) is 0 Å². The third-order valence-corrected chi connectivity index (χ3v) is 1.77. The fourth-order valence-corrected chi connectivity index (χ4v) is 0.938. The van der Waals surface area contributed by atoms with Gasteiger partial charge in [-0.2, -0.15) is 0 Å². The first-order chi connectivity index (χ1) is 5.72. The summed E-state index contributed by atoms with van der Waals surface area (Å²) in [5, 5.41) is 17.1. The Morgan fingerprint density at radius 2 is 1.17 bits per heavy atom. The highest BCUT2D eigenvalue weighted by Crippen LogP contribution is 2.16. The van der Waals surface area contributed by atoms with Crippen molar-refractivity contribution in [1.82, 2.24) is 0 Å². The predicted octanol–water partition coefficient (Wildman–Crippen LogP) is 1.64. The van der Waals surface area contributed by atoms with Crippen molar-refractivity contribution in [3.05, 3.63) is 24.3 Å². The Kier molecular flexibility index (Phi) is 6.72. The maximum absolute atomic E-state index is 8.56. The van der Waals surface area contributed by atoms with Gasteiger partial charge in [-0.25, -0.2) is 0 Å². The second kappa shape index (κ2) is 7.07. The number of aliphatic hydroxyl groups excluding tert-OH is 2. The summed E-state index contributed by atoms with van der Waals surface area (Å²) in [7, 11) is 0. The van der Waals surface area contributed by atoms with Gasteiger partial charge in [-0.1, -0.05) is 24.3 Å². The van der Waals surface area contributed by atoms with Gasteiger partial charge in [-0.05, 0) is 25.7 Å². The van der Waals surface area contributed by atoms with E-state index in [0.717, 1.165) is 36.8 Å². The standard InChI is InChI=1S/C10H18O2/c1-9(5-3-7-11)10(2)6-4-8-12/h11-12H,1-8H2. The quantitative estimate of drug-likeness (QED) is 0.570. The molecule has 0 amide bonds. The average molecular weight is 170 g/mol. The first kappa shape index (κ1) is 11.4. The smallest absolute Gasteiger partial charge is 0.0434 e. The molecule has 0 radical (unpaired) electrons. The number of aliphatic hydroxyl groups is 2. The molecule has 0 aliphatic rings. The van der Waals surface area contributed by atoms with Gasteiger partial charge in [0.2, 0.25) is 0 Å². The zero-order chi connectivity index (χ0) is 9.40. The molecule has 0 saturated carbocycles. The minimum atomic E-state index is 0.201. The van der Waals surface area contributed by atoms with Crippen molar-refractivity contribution in [2.75, 3.05) is 13.2 Å². The molecule has 0 spiro atoms. The topological polar surface area (TPSA) is 40.5 Å². The molecule has 0 aromatic heterocycles. The molecular formula is C10H18O2. The van der Waals surface area contributed by atoms with Crippen LogP contribution < -0.4 is 0 Å². The van der Waals surface area contributed by atoms with Gasteiger partial charge in [0.25, 0.3) is 0 Å². The molecule has 2 nitrogen and oxygen atoms in total. The Bertz CT molecular complexity index is 132. The molecule has 0 saturated heterocycles. The predicted molar refractivity (Wildman–Crippen MR) is 50.9 cm³/mol. The first-order valence-corrected chi connectivity index (χ1v) is 4.30. The Morgan fingerprint density at radius 1 is 0.833 bits per heavy atom. The van der Waals surface area contributed by atoms with Crippen LogP contribution in [0.2, 0.25) is 0 Å². The van der Waals surface area contributed by atoms with Crippen LogP contribution in [0.25, 0.3) is 0 Å². The molecule has 0 rings (SSSR count). The summed E-state index contributed by atoms with van der Waals surface area (Å²) in [5.74, 6) is 0. The highest BCUT2D eigenvalue weighted by Gasteiger charge is 1.99. The second-order valence-corrected chi connectivity index (χ2v) is 2.86. The van der Waals surface area contributed by atoms with E-state index in [9.17, 15) is 0 Å². The van der Waals surface area contributed by atoms with Crippen molar-refractivity contribution in [1.29, 1.82) is 0 Å². The lowest BCUT2D eigenvalue weighted by molar-refractivity contribution is 0.286. The van der Waals surface area contributed by atoms with E-state index < -0.39 is 0 Å². The van der Waals surface area contributed by atoms with Crippen LogP contribution in [0.3, 0.4) is 0 Å². The summed E-state index contributed by atoms with van der Waals surface area (Å²) in [5.41, 5.74) is 2.00. The third kappa shape index (κ3) is 5.10. The van der Waals surface area contributed by atoms with Gasteiger partial charge in [0.05, 0.1) is 0 Å². The highest BCUT2D eigenvalue weighted by atomic mass is 16.3. The monoisotopic (exact) mass is 170 g/mol. The van der Waals surface area contributed by atoms with Gasteiger partial charge >= 0.3 is 0 Å². The summed E-state index contributed by atoms with van der Waals surface area (Å²) in [6.45, 7) is 8.11. The van der Waals surface area contributed by atoms with Crippen LogP contribution in [0.5, 0.6) is 0 Å². The van der Waals surface area contributed by atoms with Crippen molar-refractivity contribution in [2.24, 2.45) is 0 Å². The van der Waals surface area contributed by atoms with Gasteiger partial charge in [0.15, 0.2) is 0 Å². The maximum atomic E-state index is 8.56. The van der Waals surface area contributed by atoms with Crippen LogP contribution in [0.1, 0.15) is 25.7 Å². The average Bonchev–Trinajstić information content (AvgIpc) is 2.10. The lowest BCUT2D eigenvalue weighted by Crippen LogP contribution is -1.92. The van der Waals surface area contributed by atoms with E-state index in [2.05, 4.69) is 13.2 Å². The maximum Gasteiger partial charge on any atom is 0.0434 e. The second-order valence-electron chi connectivity index (χ2n) is 2.86. The molecule has 2 N–H and O–H groups in total. The van der Waals surface area contributed by atoms with Crippen molar-refractivity contribution in [2.45, 2.75) is 25.7 Å². The molecular weight excluding hydrogens is 152 g/mol. The lowest BCUT2D eigenvalue weighted by atomic mass is 10.0. The molecule has 0 atom stereocenters. The molecule has 0 aliphatic heterocycles. The van der Waals surface area contributed by atoms with Gasteiger partial charge < -0.3 is 10.2 Å². The Balaban J connectivity index is 3.55.